The molecule has 0 radical (unpaired) electrons. The van der Waals surface area contributed by atoms with E-state index in [0.29, 0.717) is 17.1 Å². The molecule has 1 aromatic heterocycles. The number of aliphatic imine (C=N–C) groups is 1. The van der Waals surface area contributed by atoms with Crippen LogP contribution in [0.2, 0.25) is 0 Å². The molecule has 39 heavy (non-hydrogen) atoms. The Balaban J connectivity index is 1.72. The molecule has 5 rings (SSSR count). The average molecular weight is 520 g/mol. The van der Waals surface area contributed by atoms with E-state index in [0.717, 1.165) is 22.4 Å². The maximum atomic E-state index is 11.7. The minimum atomic E-state index is -1.12. The molecule has 7 nitrogen and oxygen atoms in total. The molecule has 2 heterocycles. The van der Waals surface area contributed by atoms with Crippen LogP contribution in [-0.2, 0) is 14.9 Å². The molecule has 0 aliphatic carbocycles. The number of esters is 1. The van der Waals surface area contributed by atoms with Gasteiger partial charge in [0.25, 0.3) is 0 Å². The summed E-state index contributed by atoms with van der Waals surface area (Å²) < 4.78 is 10.4. The van der Waals surface area contributed by atoms with E-state index in [1.165, 1.54) is 7.11 Å². The lowest BCUT2D eigenvalue weighted by Crippen LogP contribution is -2.51. The van der Waals surface area contributed by atoms with Gasteiger partial charge >= 0.3 is 5.97 Å². The standard InChI is InChI=1S/C32H29N3O4/c1-31(17-10-18-34-31)32(22-36,25-15-9-16-26(19-25)39-21-28(37)38-2)27-20-33-29(23-11-5-3-6-12-23)30(35-27)24-13-7-4-8-14-24/h3-20,36H,21-22H2,1-2H3. The molecule has 1 aliphatic rings. The van der Waals surface area contributed by atoms with Crippen molar-refractivity contribution in [2.24, 2.45) is 4.99 Å². The molecule has 0 bridgehead atoms. The zero-order valence-electron chi connectivity index (χ0n) is 21.8. The third-order valence-corrected chi connectivity index (χ3v) is 7.17. The zero-order valence-corrected chi connectivity index (χ0v) is 21.8. The molecule has 0 spiro atoms. The lowest BCUT2D eigenvalue weighted by atomic mass is 9.64. The highest BCUT2D eigenvalue weighted by Gasteiger charge is 2.51. The van der Waals surface area contributed by atoms with Crippen LogP contribution in [0.25, 0.3) is 22.5 Å². The molecular formula is C32H29N3O4. The normalized spacial score (nSPS) is 17.5. The van der Waals surface area contributed by atoms with Crippen molar-refractivity contribution in [3.63, 3.8) is 0 Å². The van der Waals surface area contributed by atoms with Gasteiger partial charge in [-0.2, -0.15) is 0 Å². The number of ether oxygens (including phenoxy) is 2. The molecular weight excluding hydrogens is 490 g/mol. The Morgan fingerprint density at radius 3 is 2.26 bits per heavy atom. The van der Waals surface area contributed by atoms with E-state index in [2.05, 4.69) is 0 Å². The molecule has 0 saturated carbocycles. The molecule has 196 valence electrons. The van der Waals surface area contributed by atoms with Crippen LogP contribution in [0.3, 0.4) is 0 Å². The number of hydrogen-bond donors (Lipinski definition) is 1. The van der Waals surface area contributed by atoms with E-state index < -0.39 is 16.9 Å². The number of benzene rings is 3. The van der Waals surface area contributed by atoms with Crippen molar-refractivity contribution in [2.45, 2.75) is 17.9 Å². The molecule has 2 unspecified atom stereocenters. The predicted molar refractivity (Wildman–Crippen MR) is 151 cm³/mol. The Bertz CT molecular complexity index is 1510. The summed E-state index contributed by atoms with van der Waals surface area (Å²) in [6.07, 6.45) is 7.28. The summed E-state index contributed by atoms with van der Waals surface area (Å²) in [5.74, 6) is -0.0265. The van der Waals surface area contributed by atoms with Crippen molar-refractivity contribution in [1.82, 2.24) is 9.97 Å². The minimum Gasteiger partial charge on any atom is -0.482 e. The number of rotatable bonds is 9. The van der Waals surface area contributed by atoms with Gasteiger partial charge in [-0.25, -0.2) is 9.78 Å². The Labute approximate surface area is 227 Å². The van der Waals surface area contributed by atoms with E-state index in [1.807, 2.05) is 91.9 Å². The van der Waals surface area contributed by atoms with Crippen LogP contribution in [0.4, 0.5) is 0 Å². The first kappa shape index (κ1) is 26.0. The number of carbonyl (C=O) groups is 1. The second kappa shape index (κ2) is 11.0. The van der Waals surface area contributed by atoms with Gasteiger partial charge in [-0.1, -0.05) is 78.9 Å². The molecule has 1 N–H and O–H groups in total. The number of aromatic nitrogens is 2. The van der Waals surface area contributed by atoms with Crippen molar-refractivity contribution >= 4 is 12.2 Å². The van der Waals surface area contributed by atoms with Gasteiger partial charge in [0, 0.05) is 17.3 Å². The second-order valence-corrected chi connectivity index (χ2v) is 9.43. The second-order valence-electron chi connectivity index (χ2n) is 9.43. The van der Waals surface area contributed by atoms with Gasteiger partial charge in [0.05, 0.1) is 47.9 Å². The number of nitrogens with zero attached hydrogens (tertiary/aromatic N) is 3. The number of aliphatic hydroxyl groups is 1. The van der Waals surface area contributed by atoms with Gasteiger partial charge in [0.2, 0.25) is 0 Å². The zero-order chi connectivity index (χ0) is 27.3. The summed E-state index contributed by atoms with van der Waals surface area (Å²) in [5, 5.41) is 11.2. The monoisotopic (exact) mass is 519 g/mol. The minimum absolute atomic E-state index is 0.231. The third-order valence-electron chi connectivity index (χ3n) is 7.17. The van der Waals surface area contributed by atoms with E-state index >= 15 is 0 Å². The van der Waals surface area contributed by atoms with Gasteiger partial charge in [-0.05, 0) is 30.7 Å². The molecule has 0 amide bonds. The quantitative estimate of drug-likeness (QED) is 0.312. The van der Waals surface area contributed by atoms with Crippen molar-refractivity contribution in [2.75, 3.05) is 20.3 Å². The maximum absolute atomic E-state index is 11.7. The molecule has 2 atom stereocenters. The van der Waals surface area contributed by atoms with Crippen LogP contribution in [0.15, 0.2) is 108 Å². The maximum Gasteiger partial charge on any atom is 0.343 e. The first-order valence-electron chi connectivity index (χ1n) is 12.6. The fourth-order valence-electron chi connectivity index (χ4n) is 5.01. The number of aliphatic hydroxyl groups excluding tert-OH is 1. The summed E-state index contributed by atoms with van der Waals surface area (Å²) in [6.45, 7) is 1.42. The van der Waals surface area contributed by atoms with Gasteiger partial charge in [-0.15, -0.1) is 0 Å². The number of carbonyl (C=O) groups excluding carboxylic acids is 1. The summed E-state index contributed by atoms with van der Waals surface area (Å²) in [5.41, 5.74) is 2.57. The van der Waals surface area contributed by atoms with Gasteiger partial charge < -0.3 is 14.6 Å². The van der Waals surface area contributed by atoms with E-state index in [-0.39, 0.29) is 13.2 Å². The van der Waals surface area contributed by atoms with Crippen LogP contribution in [-0.4, -0.2) is 53.1 Å². The van der Waals surface area contributed by atoms with Crippen LogP contribution in [0.5, 0.6) is 5.75 Å². The number of allylic oxidation sites excluding steroid dienone is 1. The number of hydrogen-bond acceptors (Lipinski definition) is 7. The highest BCUT2D eigenvalue weighted by atomic mass is 16.6. The summed E-state index contributed by atoms with van der Waals surface area (Å²) in [6, 6.07) is 27.1. The Kier molecular flexibility index (Phi) is 7.34. The average Bonchev–Trinajstić information content (AvgIpc) is 3.45. The number of methoxy groups -OCH3 is 1. The highest BCUT2D eigenvalue weighted by Crippen LogP contribution is 2.46. The van der Waals surface area contributed by atoms with E-state index in [4.69, 9.17) is 24.4 Å². The fraction of sp³-hybridized carbons (Fsp3) is 0.188. The smallest absolute Gasteiger partial charge is 0.343 e. The molecule has 4 aromatic rings. The summed E-state index contributed by atoms with van der Waals surface area (Å²) >= 11 is 0. The fourth-order valence-corrected chi connectivity index (χ4v) is 5.01. The van der Waals surface area contributed by atoms with E-state index in [9.17, 15) is 9.90 Å². The van der Waals surface area contributed by atoms with Crippen LogP contribution >= 0.6 is 0 Å². The first-order chi connectivity index (χ1) is 19.0. The lowest BCUT2D eigenvalue weighted by Gasteiger charge is -2.42. The molecule has 0 fully saturated rings. The van der Waals surface area contributed by atoms with Crippen LogP contribution < -0.4 is 4.74 Å². The molecule has 1 aliphatic heterocycles. The van der Waals surface area contributed by atoms with Crippen molar-refractivity contribution < 1.29 is 19.4 Å². The van der Waals surface area contributed by atoms with Gasteiger partial charge in [0.1, 0.15) is 5.75 Å². The summed E-state index contributed by atoms with van der Waals surface area (Å²) in [4.78, 5) is 26.6. The van der Waals surface area contributed by atoms with Crippen molar-refractivity contribution in [1.29, 1.82) is 0 Å². The Morgan fingerprint density at radius 2 is 1.64 bits per heavy atom. The van der Waals surface area contributed by atoms with Crippen molar-refractivity contribution in [3.8, 4) is 28.3 Å². The SMILES string of the molecule is COC(=O)COc1cccc(C(CO)(c2cnc(-c3ccccc3)c(-c3ccccc3)n2)C2(C)C=CC=N2)c1. The largest absolute Gasteiger partial charge is 0.482 e. The van der Waals surface area contributed by atoms with Crippen molar-refractivity contribution in [3.05, 3.63) is 115 Å². The molecule has 0 saturated heterocycles. The van der Waals surface area contributed by atoms with Gasteiger partial charge in [-0.3, -0.25) is 9.98 Å². The highest BCUT2D eigenvalue weighted by molar-refractivity contribution is 5.79. The lowest BCUT2D eigenvalue weighted by molar-refractivity contribution is -0.142. The van der Waals surface area contributed by atoms with E-state index in [1.54, 1.807) is 24.5 Å². The Morgan fingerprint density at radius 1 is 0.949 bits per heavy atom. The predicted octanol–water partition coefficient (Wildman–Crippen LogP) is 5.04. The molecule has 7 heteroatoms. The summed E-state index contributed by atoms with van der Waals surface area (Å²) in [7, 11) is 1.31. The first-order valence-corrected chi connectivity index (χ1v) is 12.6. The van der Waals surface area contributed by atoms with Crippen LogP contribution in [0.1, 0.15) is 18.2 Å². The topological polar surface area (TPSA) is 93.9 Å². The van der Waals surface area contributed by atoms with Crippen LogP contribution in [0, 0.1) is 0 Å². The third kappa shape index (κ3) is 4.84. The van der Waals surface area contributed by atoms with Gasteiger partial charge in [0.15, 0.2) is 6.61 Å². The Hall–Kier alpha value is -4.62. The molecule has 3 aromatic carbocycles.